The van der Waals surface area contributed by atoms with Crippen molar-refractivity contribution in [2.75, 3.05) is 13.1 Å². The maximum Gasteiger partial charge on any atom is 0.246 e. The van der Waals surface area contributed by atoms with Gasteiger partial charge in [0.15, 0.2) is 5.58 Å². The van der Waals surface area contributed by atoms with Gasteiger partial charge < -0.3 is 9.32 Å². The van der Waals surface area contributed by atoms with E-state index in [1.54, 1.807) is 12.2 Å². The number of benzene rings is 1. The molecule has 1 aliphatic heterocycles. The zero-order chi connectivity index (χ0) is 14.8. The topological polar surface area (TPSA) is 46.3 Å². The van der Waals surface area contributed by atoms with Crippen molar-refractivity contribution in [1.29, 1.82) is 0 Å². The Bertz CT molecular complexity index is 631. The number of hydrogen-bond donors (Lipinski definition) is 0. The number of carbonyl (C=O) groups excluding carboxylic acids is 1. The van der Waals surface area contributed by atoms with Crippen molar-refractivity contribution in [1.82, 2.24) is 9.88 Å². The molecule has 21 heavy (non-hydrogen) atoms. The number of amides is 1. The van der Waals surface area contributed by atoms with E-state index in [1.807, 2.05) is 29.2 Å². The van der Waals surface area contributed by atoms with E-state index in [9.17, 15) is 4.79 Å². The summed E-state index contributed by atoms with van der Waals surface area (Å²) in [6, 6.07) is 7.59. The maximum atomic E-state index is 12.2. The summed E-state index contributed by atoms with van der Waals surface area (Å²) in [7, 11) is 0. The van der Waals surface area contributed by atoms with Gasteiger partial charge >= 0.3 is 0 Å². The molecule has 3 rings (SSSR count). The van der Waals surface area contributed by atoms with E-state index in [4.69, 9.17) is 4.42 Å². The van der Waals surface area contributed by atoms with E-state index in [2.05, 4.69) is 18.8 Å². The summed E-state index contributed by atoms with van der Waals surface area (Å²) in [6.45, 7) is 6.06. The molecule has 4 heteroatoms. The molecule has 0 bridgehead atoms. The van der Waals surface area contributed by atoms with Crippen LogP contribution in [-0.2, 0) is 4.79 Å². The minimum Gasteiger partial charge on any atom is -0.437 e. The number of carbonyl (C=O) groups is 1. The highest BCUT2D eigenvalue weighted by molar-refractivity contribution is 5.91. The highest BCUT2D eigenvalue weighted by Gasteiger charge is 2.24. The summed E-state index contributed by atoms with van der Waals surface area (Å²) < 4.78 is 5.58. The van der Waals surface area contributed by atoms with Gasteiger partial charge in [0, 0.05) is 25.2 Å². The number of piperidine rings is 1. The lowest BCUT2D eigenvalue weighted by Crippen LogP contribution is -2.41. The predicted octanol–water partition coefficient (Wildman–Crippen LogP) is 3.35. The standard InChI is InChI=1S/C17H20N2O2/c1-12-9-13(2)11-19(10-12)17(20)8-7-16-18-14-5-3-4-6-15(14)21-16/h3-8,12-13H,9-11H2,1-2H3/b8-7+. The van der Waals surface area contributed by atoms with Gasteiger partial charge in [0.2, 0.25) is 11.8 Å². The van der Waals surface area contributed by atoms with Crippen molar-refractivity contribution in [3.63, 3.8) is 0 Å². The van der Waals surface area contributed by atoms with Gasteiger partial charge in [-0.25, -0.2) is 4.98 Å². The summed E-state index contributed by atoms with van der Waals surface area (Å²) in [5.41, 5.74) is 1.55. The number of aromatic nitrogens is 1. The van der Waals surface area contributed by atoms with Crippen LogP contribution < -0.4 is 0 Å². The average Bonchev–Trinajstić information content (AvgIpc) is 2.86. The van der Waals surface area contributed by atoms with E-state index in [0.29, 0.717) is 17.7 Å². The Kier molecular flexibility index (Phi) is 3.78. The zero-order valence-corrected chi connectivity index (χ0v) is 12.5. The van der Waals surface area contributed by atoms with E-state index in [1.165, 1.54) is 6.42 Å². The first-order valence-corrected chi connectivity index (χ1v) is 7.44. The predicted molar refractivity (Wildman–Crippen MR) is 82.6 cm³/mol. The number of likely N-dealkylation sites (tertiary alicyclic amines) is 1. The summed E-state index contributed by atoms with van der Waals surface area (Å²) in [5.74, 6) is 1.64. The Morgan fingerprint density at radius 1 is 1.29 bits per heavy atom. The van der Waals surface area contributed by atoms with Crippen molar-refractivity contribution in [2.45, 2.75) is 20.3 Å². The van der Waals surface area contributed by atoms with Crippen molar-refractivity contribution in [2.24, 2.45) is 11.8 Å². The molecule has 0 N–H and O–H groups in total. The van der Waals surface area contributed by atoms with Gasteiger partial charge in [0.05, 0.1) is 0 Å². The van der Waals surface area contributed by atoms with E-state index < -0.39 is 0 Å². The molecule has 0 aliphatic carbocycles. The third-order valence-electron chi connectivity index (χ3n) is 3.86. The number of hydrogen-bond acceptors (Lipinski definition) is 3. The lowest BCUT2D eigenvalue weighted by atomic mass is 9.92. The third-order valence-corrected chi connectivity index (χ3v) is 3.86. The van der Waals surface area contributed by atoms with Crippen LogP contribution in [0, 0.1) is 11.8 Å². The van der Waals surface area contributed by atoms with Crippen molar-refractivity contribution >= 4 is 23.1 Å². The minimum atomic E-state index is 0.0376. The molecule has 0 spiro atoms. The fraction of sp³-hybridized carbons (Fsp3) is 0.412. The molecule has 4 nitrogen and oxygen atoms in total. The van der Waals surface area contributed by atoms with Crippen molar-refractivity contribution < 1.29 is 9.21 Å². The van der Waals surface area contributed by atoms with Crippen LogP contribution in [0.3, 0.4) is 0 Å². The van der Waals surface area contributed by atoms with Crippen molar-refractivity contribution in [3.05, 3.63) is 36.2 Å². The summed E-state index contributed by atoms with van der Waals surface area (Å²) in [5, 5.41) is 0. The molecule has 0 radical (unpaired) electrons. The van der Waals surface area contributed by atoms with Crippen LogP contribution in [0.25, 0.3) is 17.2 Å². The van der Waals surface area contributed by atoms with Crippen molar-refractivity contribution in [3.8, 4) is 0 Å². The monoisotopic (exact) mass is 284 g/mol. The molecule has 1 aromatic heterocycles. The fourth-order valence-corrected chi connectivity index (χ4v) is 3.05. The Morgan fingerprint density at radius 3 is 2.71 bits per heavy atom. The number of oxazole rings is 1. The van der Waals surface area contributed by atoms with Gasteiger partial charge in [-0.05, 0) is 30.4 Å². The number of para-hydroxylation sites is 2. The molecule has 0 saturated carbocycles. The first-order valence-electron chi connectivity index (χ1n) is 7.44. The van der Waals surface area contributed by atoms with Crippen LogP contribution in [0.2, 0.25) is 0 Å². The molecule has 1 aromatic carbocycles. The lowest BCUT2D eigenvalue weighted by Gasteiger charge is -2.34. The first-order chi connectivity index (χ1) is 10.1. The van der Waals surface area contributed by atoms with Gasteiger partial charge in [-0.2, -0.15) is 0 Å². The van der Waals surface area contributed by atoms with Gasteiger partial charge in [-0.1, -0.05) is 26.0 Å². The summed E-state index contributed by atoms with van der Waals surface area (Å²) >= 11 is 0. The quantitative estimate of drug-likeness (QED) is 0.794. The normalized spacial score (nSPS) is 23.0. The molecular weight excluding hydrogens is 264 g/mol. The van der Waals surface area contributed by atoms with Gasteiger partial charge in [0.1, 0.15) is 5.52 Å². The number of nitrogens with zero attached hydrogens (tertiary/aromatic N) is 2. The van der Waals surface area contributed by atoms with E-state index >= 15 is 0 Å². The second kappa shape index (κ2) is 5.72. The SMILES string of the molecule is CC1CC(C)CN(C(=O)/C=C/c2nc3ccccc3o2)C1. The molecule has 110 valence electrons. The Balaban J connectivity index is 1.71. The highest BCUT2D eigenvalue weighted by atomic mass is 16.3. The zero-order valence-electron chi connectivity index (χ0n) is 12.5. The Morgan fingerprint density at radius 2 is 2.00 bits per heavy atom. The minimum absolute atomic E-state index is 0.0376. The van der Waals surface area contributed by atoms with Crippen LogP contribution >= 0.6 is 0 Å². The van der Waals surface area contributed by atoms with Gasteiger partial charge in [-0.15, -0.1) is 0 Å². The van der Waals surface area contributed by atoms with E-state index in [0.717, 1.165) is 24.2 Å². The van der Waals surface area contributed by atoms with Crippen LogP contribution in [0.15, 0.2) is 34.8 Å². The molecule has 2 unspecified atom stereocenters. The smallest absolute Gasteiger partial charge is 0.246 e. The van der Waals surface area contributed by atoms with Gasteiger partial charge in [0.25, 0.3) is 0 Å². The van der Waals surface area contributed by atoms with Gasteiger partial charge in [-0.3, -0.25) is 4.79 Å². The second-order valence-electron chi connectivity index (χ2n) is 6.04. The maximum absolute atomic E-state index is 12.2. The summed E-state index contributed by atoms with van der Waals surface area (Å²) in [6.07, 6.45) is 4.42. The Hall–Kier alpha value is -2.10. The molecule has 2 atom stereocenters. The average molecular weight is 284 g/mol. The highest BCUT2D eigenvalue weighted by Crippen LogP contribution is 2.21. The molecular formula is C17H20N2O2. The fourth-order valence-electron chi connectivity index (χ4n) is 3.05. The van der Waals surface area contributed by atoms with Crippen LogP contribution in [0.5, 0.6) is 0 Å². The first kappa shape index (κ1) is 13.9. The number of rotatable bonds is 2. The van der Waals surface area contributed by atoms with Crippen LogP contribution in [-0.4, -0.2) is 28.9 Å². The molecule has 1 aliphatic rings. The van der Waals surface area contributed by atoms with Crippen LogP contribution in [0.4, 0.5) is 0 Å². The molecule has 2 aromatic rings. The second-order valence-corrected chi connectivity index (χ2v) is 6.04. The molecule has 1 fully saturated rings. The van der Waals surface area contributed by atoms with Crippen LogP contribution in [0.1, 0.15) is 26.2 Å². The summed E-state index contributed by atoms with van der Waals surface area (Å²) in [4.78, 5) is 18.5. The molecule has 1 amide bonds. The third kappa shape index (κ3) is 3.15. The number of fused-ring (bicyclic) bond motifs is 1. The lowest BCUT2D eigenvalue weighted by molar-refractivity contribution is -0.128. The molecule has 2 heterocycles. The van der Waals surface area contributed by atoms with E-state index in [-0.39, 0.29) is 5.91 Å². The largest absolute Gasteiger partial charge is 0.437 e. The molecule has 1 saturated heterocycles. The Labute approximate surface area is 124 Å².